The van der Waals surface area contributed by atoms with E-state index in [2.05, 4.69) is 36.5 Å². The molecule has 5 heteroatoms. The second-order valence-corrected chi connectivity index (χ2v) is 5.18. The van der Waals surface area contributed by atoms with E-state index in [4.69, 9.17) is 4.74 Å². The summed E-state index contributed by atoms with van der Waals surface area (Å²) in [4.78, 5) is 10.6. The lowest BCUT2D eigenvalue weighted by Crippen LogP contribution is -2.16. The lowest BCUT2D eigenvalue weighted by molar-refractivity contribution is -0.385. The molecule has 0 aliphatic rings. The van der Waals surface area contributed by atoms with Crippen LogP contribution in [0.5, 0.6) is 5.75 Å². The Hall–Kier alpha value is -2.40. The zero-order chi connectivity index (χ0) is 15.9. The first-order valence-corrected chi connectivity index (χ1v) is 7.17. The minimum absolute atomic E-state index is 0.000448. The van der Waals surface area contributed by atoms with Gasteiger partial charge in [0.2, 0.25) is 0 Å². The van der Waals surface area contributed by atoms with Crippen LogP contribution in [0.15, 0.2) is 42.5 Å². The Balaban J connectivity index is 1.89. The molecule has 0 aromatic heterocycles. The molecule has 0 heterocycles. The van der Waals surface area contributed by atoms with Gasteiger partial charge in [-0.2, -0.15) is 0 Å². The van der Waals surface area contributed by atoms with Crippen molar-refractivity contribution in [3.63, 3.8) is 0 Å². The van der Waals surface area contributed by atoms with E-state index in [1.807, 2.05) is 6.07 Å². The highest BCUT2D eigenvalue weighted by Gasteiger charge is 2.14. The molecule has 2 aromatic rings. The molecule has 2 aromatic carbocycles. The molecule has 5 nitrogen and oxygen atoms in total. The summed E-state index contributed by atoms with van der Waals surface area (Å²) >= 11 is 0. The van der Waals surface area contributed by atoms with Crippen LogP contribution in [0.4, 0.5) is 5.69 Å². The van der Waals surface area contributed by atoms with Crippen molar-refractivity contribution in [3.8, 4) is 5.75 Å². The molecule has 0 amide bonds. The predicted molar refractivity (Wildman–Crippen MR) is 86.2 cm³/mol. The molecule has 2 rings (SSSR count). The van der Waals surface area contributed by atoms with Crippen molar-refractivity contribution in [3.05, 3.63) is 69.3 Å². The summed E-state index contributed by atoms with van der Waals surface area (Å²) in [6.45, 7) is 3.49. The summed E-state index contributed by atoms with van der Waals surface area (Å²) in [5.74, 6) is 0.286. The zero-order valence-electron chi connectivity index (χ0n) is 12.8. The minimum Gasteiger partial charge on any atom is -0.490 e. The van der Waals surface area contributed by atoms with Crippen LogP contribution in [-0.4, -0.2) is 18.6 Å². The molecule has 0 radical (unpaired) electrons. The number of nitro groups is 1. The number of nitrogens with zero attached hydrogens (tertiary/aromatic N) is 1. The van der Waals surface area contributed by atoms with E-state index in [0.717, 1.165) is 18.5 Å². The van der Waals surface area contributed by atoms with Gasteiger partial charge in [0.05, 0.1) is 12.0 Å². The van der Waals surface area contributed by atoms with Gasteiger partial charge >= 0.3 is 5.69 Å². The van der Waals surface area contributed by atoms with E-state index in [9.17, 15) is 10.1 Å². The number of methoxy groups -OCH3 is 1. The second kappa shape index (κ2) is 7.56. The first kappa shape index (κ1) is 16.0. The van der Waals surface area contributed by atoms with Crippen LogP contribution in [0.25, 0.3) is 0 Å². The number of ether oxygens (including phenoxy) is 1. The van der Waals surface area contributed by atoms with E-state index in [0.29, 0.717) is 6.54 Å². The maximum Gasteiger partial charge on any atom is 0.311 e. The fourth-order valence-corrected chi connectivity index (χ4v) is 2.32. The van der Waals surface area contributed by atoms with Gasteiger partial charge in [-0.1, -0.05) is 35.9 Å². The standard InChI is InChI=1S/C17H20N2O3/c1-13-4-3-5-14(10-13)8-9-18-12-15-6-7-17(22-2)16(11-15)19(20)21/h3-7,10-11,18H,8-9,12H2,1-2H3. The SMILES string of the molecule is COc1ccc(CNCCc2cccc(C)c2)cc1[N+](=O)[O-]. The van der Waals surface area contributed by atoms with Gasteiger partial charge in [0.1, 0.15) is 0 Å². The van der Waals surface area contributed by atoms with Gasteiger partial charge in [0, 0.05) is 12.6 Å². The van der Waals surface area contributed by atoms with Gasteiger partial charge < -0.3 is 10.1 Å². The normalized spacial score (nSPS) is 10.5. The van der Waals surface area contributed by atoms with Gasteiger partial charge in [0.15, 0.2) is 5.75 Å². The molecule has 0 saturated carbocycles. The van der Waals surface area contributed by atoms with E-state index in [-0.39, 0.29) is 11.4 Å². The Bertz CT molecular complexity index is 656. The summed E-state index contributed by atoms with van der Waals surface area (Å²) in [5.41, 5.74) is 3.41. The van der Waals surface area contributed by atoms with Crippen LogP contribution < -0.4 is 10.1 Å². The first-order valence-electron chi connectivity index (χ1n) is 7.17. The quantitative estimate of drug-likeness (QED) is 0.484. The summed E-state index contributed by atoms with van der Waals surface area (Å²) in [6, 6.07) is 13.4. The second-order valence-electron chi connectivity index (χ2n) is 5.18. The molecule has 22 heavy (non-hydrogen) atoms. The molecule has 0 saturated heterocycles. The summed E-state index contributed by atoms with van der Waals surface area (Å²) in [6.07, 6.45) is 0.930. The van der Waals surface area contributed by atoms with E-state index >= 15 is 0 Å². The number of nitro benzene ring substituents is 1. The summed E-state index contributed by atoms with van der Waals surface area (Å²) in [7, 11) is 1.43. The Morgan fingerprint density at radius 3 is 2.68 bits per heavy atom. The van der Waals surface area contributed by atoms with Crippen molar-refractivity contribution < 1.29 is 9.66 Å². The highest BCUT2D eigenvalue weighted by molar-refractivity contribution is 5.48. The molecule has 0 spiro atoms. The van der Waals surface area contributed by atoms with E-state index in [1.165, 1.54) is 18.2 Å². The molecule has 0 unspecified atom stereocenters. The maximum absolute atomic E-state index is 11.0. The number of rotatable bonds is 7. The van der Waals surface area contributed by atoms with Crippen LogP contribution >= 0.6 is 0 Å². The van der Waals surface area contributed by atoms with Crippen LogP contribution in [-0.2, 0) is 13.0 Å². The van der Waals surface area contributed by atoms with Gasteiger partial charge in [-0.25, -0.2) is 0 Å². The van der Waals surface area contributed by atoms with Gasteiger partial charge in [-0.05, 0) is 37.1 Å². The third-order valence-electron chi connectivity index (χ3n) is 3.44. The molecule has 0 fully saturated rings. The van der Waals surface area contributed by atoms with Crippen molar-refractivity contribution in [2.45, 2.75) is 19.9 Å². The fourth-order valence-electron chi connectivity index (χ4n) is 2.32. The molecule has 0 aliphatic carbocycles. The van der Waals surface area contributed by atoms with Crippen molar-refractivity contribution in [2.75, 3.05) is 13.7 Å². The lowest BCUT2D eigenvalue weighted by atomic mass is 10.1. The fraction of sp³-hybridized carbons (Fsp3) is 0.294. The monoisotopic (exact) mass is 300 g/mol. The van der Waals surface area contributed by atoms with Gasteiger partial charge in [-0.3, -0.25) is 10.1 Å². The number of nitrogens with one attached hydrogen (secondary N) is 1. The Morgan fingerprint density at radius 1 is 1.18 bits per heavy atom. The molecule has 0 bridgehead atoms. The molecule has 116 valence electrons. The highest BCUT2D eigenvalue weighted by atomic mass is 16.6. The van der Waals surface area contributed by atoms with Crippen LogP contribution in [0.1, 0.15) is 16.7 Å². The predicted octanol–water partition coefficient (Wildman–Crippen LogP) is 3.24. The number of hydrogen-bond acceptors (Lipinski definition) is 4. The molecule has 1 N–H and O–H groups in total. The molecule has 0 atom stereocenters. The number of benzene rings is 2. The third-order valence-corrected chi connectivity index (χ3v) is 3.44. The lowest BCUT2D eigenvalue weighted by Gasteiger charge is -2.07. The maximum atomic E-state index is 11.0. The first-order chi connectivity index (χ1) is 10.6. The number of hydrogen-bond donors (Lipinski definition) is 1. The summed E-state index contributed by atoms with van der Waals surface area (Å²) in [5, 5.41) is 14.3. The third kappa shape index (κ3) is 4.30. The number of aryl methyl sites for hydroxylation is 1. The van der Waals surface area contributed by atoms with Crippen molar-refractivity contribution in [1.29, 1.82) is 0 Å². The molecular weight excluding hydrogens is 280 g/mol. The topological polar surface area (TPSA) is 64.4 Å². The highest BCUT2D eigenvalue weighted by Crippen LogP contribution is 2.27. The Labute approximate surface area is 130 Å². The molecule has 0 aliphatic heterocycles. The Morgan fingerprint density at radius 2 is 2.00 bits per heavy atom. The van der Waals surface area contributed by atoms with Gasteiger partial charge in [-0.15, -0.1) is 0 Å². The minimum atomic E-state index is -0.422. The van der Waals surface area contributed by atoms with E-state index in [1.54, 1.807) is 12.1 Å². The van der Waals surface area contributed by atoms with Crippen molar-refractivity contribution in [2.24, 2.45) is 0 Å². The van der Waals surface area contributed by atoms with Crippen LogP contribution in [0.2, 0.25) is 0 Å². The van der Waals surface area contributed by atoms with Crippen molar-refractivity contribution >= 4 is 5.69 Å². The smallest absolute Gasteiger partial charge is 0.311 e. The van der Waals surface area contributed by atoms with E-state index < -0.39 is 4.92 Å². The van der Waals surface area contributed by atoms with Crippen LogP contribution in [0.3, 0.4) is 0 Å². The summed E-state index contributed by atoms with van der Waals surface area (Å²) < 4.78 is 4.99. The largest absolute Gasteiger partial charge is 0.490 e. The zero-order valence-corrected chi connectivity index (χ0v) is 12.8. The van der Waals surface area contributed by atoms with Gasteiger partial charge in [0.25, 0.3) is 0 Å². The Kier molecular flexibility index (Phi) is 5.49. The average molecular weight is 300 g/mol. The molecular formula is C17H20N2O3. The van der Waals surface area contributed by atoms with Crippen LogP contribution in [0, 0.1) is 17.0 Å². The van der Waals surface area contributed by atoms with Crippen molar-refractivity contribution in [1.82, 2.24) is 5.32 Å². The average Bonchev–Trinajstić information content (AvgIpc) is 2.51.